The second-order valence-corrected chi connectivity index (χ2v) is 4.97. The maximum atomic E-state index is 11.5. The van der Waals surface area contributed by atoms with E-state index in [0.29, 0.717) is 5.52 Å². The van der Waals surface area contributed by atoms with Crippen LogP contribution in [0.3, 0.4) is 0 Å². The van der Waals surface area contributed by atoms with E-state index in [1.165, 1.54) is 11.1 Å². The molecular weight excluding hydrogens is 230 g/mol. The molecule has 0 bridgehead atoms. The molecule has 1 aliphatic heterocycles. The fourth-order valence-corrected chi connectivity index (χ4v) is 2.69. The van der Waals surface area contributed by atoms with Crippen LogP contribution in [0.15, 0.2) is 15.7 Å². The zero-order valence-corrected chi connectivity index (χ0v) is 10.5. The molecule has 0 amide bonds. The molecule has 1 aromatic heterocycles. The van der Waals surface area contributed by atoms with Gasteiger partial charge < -0.3 is 14.9 Å². The van der Waals surface area contributed by atoms with Gasteiger partial charge in [-0.15, -0.1) is 0 Å². The van der Waals surface area contributed by atoms with E-state index in [0.717, 1.165) is 30.6 Å². The van der Waals surface area contributed by atoms with Gasteiger partial charge in [-0.3, -0.25) is 9.59 Å². The highest BCUT2D eigenvalue weighted by Crippen LogP contribution is 2.26. The first kappa shape index (κ1) is 11.2. The van der Waals surface area contributed by atoms with Crippen LogP contribution in [0.25, 0.3) is 11.0 Å². The van der Waals surface area contributed by atoms with Crippen LogP contribution in [0.4, 0.5) is 0 Å². The number of nitrogens with one attached hydrogen (secondary N) is 2. The molecule has 0 aliphatic carbocycles. The Labute approximate surface area is 103 Å². The van der Waals surface area contributed by atoms with E-state index in [1.54, 1.807) is 0 Å². The Morgan fingerprint density at radius 3 is 2.67 bits per heavy atom. The number of fused-ring (bicyclic) bond motifs is 3. The van der Waals surface area contributed by atoms with Crippen LogP contribution in [-0.4, -0.2) is 28.5 Å². The highest BCUT2D eigenvalue weighted by atomic mass is 16.2. The third-order valence-electron chi connectivity index (χ3n) is 3.64. The number of H-pyrrole nitrogens is 2. The third-order valence-corrected chi connectivity index (χ3v) is 3.64. The SMILES string of the molecule is Cc1cc2[nH]c(=O)c(=O)[nH]c2c2c1CCN(C)C2. The van der Waals surface area contributed by atoms with Crippen molar-refractivity contribution in [2.45, 2.75) is 19.9 Å². The van der Waals surface area contributed by atoms with Gasteiger partial charge in [0, 0.05) is 13.1 Å². The number of aromatic amines is 2. The lowest BCUT2D eigenvalue weighted by molar-refractivity contribution is 0.314. The van der Waals surface area contributed by atoms with E-state index in [9.17, 15) is 9.59 Å². The summed E-state index contributed by atoms with van der Waals surface area (Å²) in [4.78, 5) is 30.4. The Balaban J connectivity index is 2.42. The topological polar surface area (TPSA) is 69.0 Å². The molecule has 0 radical (unpaired) electrons. The van der Waals surface area contributed by atoms with Crippen molar-refractivity contribution >= 4 is 11.0 Å². The quantitative estimate of drug-likeness (QED) is 0.665. The van der Waals surface area contributed by atoms with Crippen molar-refractivity contribution in [1.82, 2.24) is 14.9 Å². The highest BCUT2D eigenvalue weighted by Gasteiger charge is 2.19. The number of aryl methyl sites for hydroxylation is 1. The summed E-state index contributed by atoms with van der Waals surface area (Å²) >= 11 is 0. The number of rotatable bonds is 0. The van der Waals surface area contributed by atoms with Gasteiger partial charge in [-0.1, -0.05) is 0 Å². The first-order chi connectivity index (χ1) is 8.56. The van der Waals surface area contributed by atoms with Gasteiger partial charge in [0.1, 0.15) is 0 Å². The van der Waals surface area contributed by atoms with E-state index in [1.807, 2.05) is 13.0 Å². The molecule has 0 saturated carbocycles. The van der Waals surface area contributed by atoms with Crippen LogP contribution in [0.2, 0.25) is 0 Å². The molecule has 0 spiro atoms. The van der Waals surface area contributed by atoms with E-state index in [2.05, 4.69) is 21.9 Å². The Bertz CT molecular complexity index is 742. The van der Waals surface area contributed by atoms with Crippen molar-refractivity contribution in [3.05, 3.63) is 43.5 Å². The highest BCUT2D eigenvalue weighted by molar-refractivity contribution is 5.80. The van der Waals surface area contributed by atoms with Crippen LogP contribution in [0.5, 0.6) is 0 Å². The predicted octanol–water partition coefficient (Wildman–Crippen LogP) is 0.513. The van der Waals surface area contributed by atoms with Crippen LogP contribution in [0.1, 0.15) is 16.7 Å². The number of nitrogens with zero attached hydrogens (tertiary/aromatic N) is 1. The van der Waals surface area contributed by atoms with Crippen LogP contribution in [0, 0.1) is 6.92 Å². The molecule has 18 heavy (non-hydrogen) atoms. The Hall–Kier alpha value is -1.88. The first-order valence-electron chi connectivity index (χ1n) is 6.02. The van der Waals surface area contributed by atoms with Gasteiger partial charge in [0.05, 0.1) is 11.0 Å². The summed E-state index contributed by atoms with van der Waals surface area (Å²) in [6.45, 7) is 3.87. The third kappa shape index (κ3) is 1.59. The molecule has 1 aliphatic rings. The summed E-state index contributed by atoms with van der Waals surface area (Å²) in [5.74, 6) is 0. The normalized spacial score (nSPS) is 15.9. The van der Waals surface area contributed by atoms with E-state index >= 15 is 0 Å². The monoisotopic (exact) mass is 245 g/mol. The zero-order chi connectivity index (χ0) is 12.9. The molecule has 2 heterocycles. The van der Waals surface area contributed by atoms with Crippen molar-refractivity contribution in [2.24, 2.45) is 0 Å². The Morgan fingerprint density at radius 1 is 1.17 bits per heavy atom. The number of benzene rings is 1. The van der Waals surface area contributed by atoms with Gasteiger partial charge in [-0.25, -0.2) is 0 Å². The summed E-state index contributed by atoms with van der Waals surface area (Å²) in [5.41, 5.74) is 3.91. The number of hydrogen-bond donors (Lipinski definition) is 2. The number of hydrogen-bond acceptors (Lipinski definition) is 3. The minimum absolute atomic E-state index is 0.582. The summed E-state index contributed by atoms with van der Waals surface area (Å²) in [5, 5.41) is 0. The minimum Gasteiger partial charge on any atom is -0.316 e. The molecule has 1 aromatic carbocycles. The van der Waals surface area contributed by atoms with Gasteiger partial charge in [0.25, 0.3) is 0 Å². The molecule has 5 nitrogen and oxygen atoms in total. The zero-order valence-electron chi connectivity index (χ0n) is 10.5. The Morgan fingerprint density at radius 2 is 1.89 bits per heavy atom. The van der Waals surface area contributed by atoms with Crippen LogP contribution >= 0.6 is 0 Å². The lowest BCUT2D eigenvalue weighted by Crippen LogP contribution is -2.32. The molecule has 0 atom stereocenters. The fraction of sp³-hybridized carbons (Fsp3) is 0.385. The van der Waals surface area contributed by atoms with Gasteiger partial charge in [-0.05, 0) is 43.1 Å². The number of aromatic nitrogens is 2. The summed E-state index contributed by atoms with van der Waals surface area (Å²) in [6.07, 6.45) is 0.981. The molecule has 3 rings (SSSR count). The summed E-state index contributed by atoms with van der Waals surface area (Å²) < 4.78 is 0. The molecule has 2 N–H and O–H groups in total. The second kappa shape index (κ2) is 3.81. The molecule has 94 valence electrons. The lowest BCUT2D eigenvalue weighted by atomic mass is 9.94. The second-order valence-electron chi connectivity index (χ2n) is 4.97. The standard InChI is InChI=1S/C13H15N3O2/c1-7-5-10-11(15-13(18)12(17)14-10)9-6-16(2)4-3-8(7)9/h5H,3-4,6H2,1-2H3,(H,14,17)(H,15,18). The van der Waals surface area contributed by atoms with Crippen molar-refractivity contribution in [3.63, 3.8) is 0 Å². The van der Waals surface area contributed by atoms with Gasteiger partial charge >= 0.3 is 11.1 Å². The molecule has 0 saturated heterocycles. The van der Waals surface area contributed by atoms with E-state index < -0.39 is 11.1 Å². The summed E-state index contributed by atoms with van der Waals surface area (Å²) in [6, 6.07) is 1.94. The molecule has 0 unspecified atom stereocenters. The van der Waals surface area contributed by atoms with Gasteiger partial charge in [0.2, 0.25) is 0 Å². The Kier molecular flexibility index (Phi) is 2.38. The van der Waals surface area contributed by atoms with Crippen LogP contribution < -0.4 is 11.1 Å². The molecule has 5 heteroatoms. The first-order valence-corrected chi connectivity index (χ1v) is 6.02. The van der Waals surface area contributed by atoms with E-state index in [4.69, 9.17) is 0 Å². The largest absolute Gasteiger partial charge is 0.316 e. The van der Waals surface area contributed by atoms with Gasteiger partial charge in [-0.2, -0.15) is 0 Å². The van der Waals surface area contributed by atoms with Crippen molar-refractivity contribution in [1.29, 1.82) is 0 Å². The predicted molar refractivity (Wildman–Crippen MR) is 70.0 cm³/mol. The fourth-order valence-electron chi connectivity index (χ4n) is 2.69. The average Bonchev–Trinajstić information content (AvgIpc) is 2.32. The maximum Gasteiger partial charge on any atom is 0.314 e. The molecular formula is C13H15N3O2. The minimum atomic E-state index is -0.592. The average molecular weight is 245 g/mol. The smallest absolute Gasteiger partial charge is 0.314 e. The van der Waals surface area contributed by atoms with E-state index in [-0.39, 0.29) is 0 Å². The van der Waals surface area contributed by atoms with Crippen molar-refractivity contribution in [3.8, 4) is 0 Å². The molecule has 0 fully saturated rings. The van der Waals surface area contributed by atoms with Crippen molar-refractivity contribution in [2.75, 3.05) is 13.6 Å². The lowest BCUT2D eigenvalue weighted by Gasteiger charge is -2.27. The van der Waals surface area contributed by atoms with Crippen LogP contribution in [-0.2, 0) is 13.0 Å². The van der Waals surface area contributed by atoms with Crippen molar-refractivity contribution < 1.29 is 0 Å². The number of likely N-dealkylation sites (N-methyl/N-ethyl adjacent to an activating group) is 1. The summed E-state index contributed by atoms with van der Waals surface area (Å²) in [7, 11) is 2.06. The maximum absolute atomic E-state index is 11.5. The molecule has 2 aromatic rings. The van der Waals surface area contributed by atoms with Gasteiger partial charge in [0.15, 0.2) is 0 Å².